The molecule has 0 amide bonds. The van der Waals surface area contributed by atoms with Crippen molar-refractivity contribution in [2.75, 3.05) is 26.2 Å². The van der Waals surface area contributed by atoms with Gasteiger partial charge in [-0.2, -0.15) is 0 Å². The van der Waals surface area contributed by atoms with Gasteiger partial charge in [0.15, 0.2) is 11.6 Å². The molecular formula is C20H24N4O6S2. The fourth-order valence-electron chi connectivity index (χ4n) is 3.23. The Morgan fingerprint density at radius 3 is 1.34 bits per heavy atom. The number of hydrogen-bond donors (Lipinski definition) is 4. The minimum atomic E-state index is -3.89. The minimum absolute atomic E-state index is 0.00838. The molecule has 1 aliphatic carbocycles. The number of sulfonamides is 2. The number of nitrogens with one attached hydrogen (secondary N) is 2. The second-order valence-electron chi connectivity index (χ2n) is 7.15. The van der Waals surface area contributed by atoms with E-state index in [-0.39, 0.29) is 45.1 Å². The first-order valence-corrected chi connectivity index (χ1v) is 12.9. The maximum atomic E-state index is 13.0. The molecular weight excluding hydrogens is 456 g/mol. The predicted molar refractivity (Wildman–Crippen MR) is 117 cm³/mol. The number of rotatable bonds is 10. The Labute approximate surface area is 186 Å². The van der Waals surface area contributed by atoms with Crippen LogP contribution >= 0.6 is 0 Å². The van der Waals surface area contributed by atoms with Gasteiger partial charge in [0.05, 0.1) is 9.79 Å². The molecule has 32 heavy (non-hydrogen) atoms. The zero-order valence-corrected chi connectivity index (χ0v) is 18.8. The van der Waals surface area contributed by atoms with Crippen LogP contribution in [0, 0.1) is 0 Å². The molecule has 0 bridgehead atoms. The highest BCUT2D eigenvalue weighted by atomic mass is 32.2. The maximum Gasteiger partial charge on any atom is 0.240 e. The van der Waals surface area contributed by atoms with Crippen LogP contribution in [0.15, 0.2) is 46.2 Å². The largest absolute Gasteiger partial charge is 0.330 e. The summed E-state index contributed by atoms with van der Waals surface area (Å²) in [5.74, 6) is -1.12. The smallest absolute Gasteiger partial charge is 0.240 e. The van der Waals surface area contributed by atoms with Crippen molar-refractivity contribution in [2.24, 2.45) is 11.5 Å². The Kier molecular flexibility index (Phi) is 7.22. The first-order chi connectivity index (χ1) is 15.1. The van der Waals surface area contributed by atoms with E-state index in [0.29, 0.717) is 25.9 Å². The van der Waals surface area contributed by atoms with Crippen LogP contribution < -0.4 is 20.9 Å². The third-order valence-corrected chi connectivity index (χ3v) is 7.84. The van der Waals surface area contributed by atoms with E-state index in [2.05, 4.69) is 9.44 Å². The van der Waals surface area contributed by atoms with Crippen molar-refractivity contribution < 1.29 is 26.4 Å². The average Bonchev–Trinajstić information content (AvgIpc) is 2.77. The molecule has 0 aromatic heterocycles. The van der Waals surface area contributed by atoms with Gasteiger partial charge in [0.25, 0.3) is 0 Å². The van der Waals surface area contributed by atoms with Crippen LogP contribution in [0.25, 0.3) is 0 Å². The van der Waals surface area contributed by atoms with E-state index < -0.39 is 31.6 Å². The summed E-state index contributed by atoms with van der Waals surface area (Å²) in [5, 5.41) is 0. The monoisotopic (exact) mass is 480 g/mol. The van der Waals surface area contributed by atoms with Gasteiger partial charge in [-0.15, -0.1) is 0 Å². The highest BCUT2D eigenvalue weighted by molar-refractivity contribution is 7.89. The van der Waals surface area contributed by atoms with Crippen LogP contribution in [0.5, 0.6) is 0 Å². The van der Waals surface area contributed by atoms with Gasteiger partial charge >= 0.3 is 0 Å². The Balaban J connectivity index is 1.96. The molecule has 0 spiro atoms. The first kappa shape index (κ1) is 24.2. The number of fused-ring (bicyclic) bond motifs is 2. The summed E-state index contributed by atoms with van der Waals surface area (Å²) in [7, 11) is -7.77. The van der Waals surface area contributed by atoms with Gasteiger partial charge in [-0.05, 0) is 62.3 Å². The van der Waals surface area contributed by atoms with Gasteiger partial charge in [0.1, 0.15) is 0 Å². The van der Waals surface area contributed by atoms with E-state index in [1.54, 1.807) is 0 Å². The molecule has 0 aliphatic heterocycles. The third kappa shape index (κ3) is 4.80. The lowest BCUT2D eigenvalue weighted by Crippen LogP contribution is -2.28. The molecule has 2 aromatic carbocycles. The molecule has 172 valence electrons. The lowest BCUT2D eigenvalue weighted by atomic mass is 9.84. The Morgan fingerprint density at radius 2 is 1.00 bits per heavy atom. The van der Waals surface area contributed by atoms with E-state index in [1.165, 1.54) is 24.3 Å². The van der Waals surface area contributed by atoms with Gasteiger partial charge in [0.2, 0.25) is 20.0 Å². The highest BCUT2D eigenvalue weighted by Crippen LogP contribution is 2.30. The quantitative estimate of drug-likeness (QED) is 0.286. The highest BCUT2D eigenvalue weighted by Gasteiger charge is 2.32. The zero-order chi connectivity index (χ0) is 23.5. The normalized spacial score (nSPS) is 13.7. The lowest BCUT2D eigenvalue weighted by molar-refractivity contribution is 0.0978. The SMILES string of the molecule is NCCCNS(=O)(=O)c1ccc2c(c1)C(=O)c1ccc(S(=O)(=O)NCCCN)cc1C2=O. The van der Waals surface area contributed by atoms with E-state index >= 15 is 0 Å². The number of nitrogens with two attached hydrogens (primary N) is 2. The maximum absolute atomic E-state index is 13.0. The van der Waals surface area contributed by atoms with Crippen molar-refractivity contribution in [3.63, 3.8) is 0 Å². The van der Waals surface area contributed by atoms with Gasteiger partial charge in [-0.3, -0.25) is 9.59 Å². The van der Waals surface area contributed by atoms with Crippen molar-refractivity contribution in [2.45, 2.75) is 22.6 Å². The summed E-state index contributed by atoms with van der Waals surface area (Å²) < 4.78 is 54.6. The Hall–Kier alpha value is -2.48. The standard InChI is InChI=1S/C20H24N4O6S2/c21-7-1-9-23-31(27,28)13-3-5-15-17(11-13)19(25)16-6-4-14(12-18(16)20(15)26)32(29,30)24-10-2-8-22/h3-6,11-12,23-24H,1-2,7-10,21-22H2. The van der Waals surface area contributed by atoms with Crippen molar-refractivity contribution in [3.8, 4) is 0 Å². The molecule has 0 unspecified atom stereocenters. The Bertz CT molecular complexity index is 1170. The zero-order valence-electron chi connectivity index (χ0n) is 17.1. The van der Waals surface area contributed by atoms with E-state index in [9.17, 15) is 26.4 Å². The third-order valence-electron chi connectivity index (χ3n) is 4.93. The second kappa shape index (κ2) is 9.57. The number of ketones is 2. The molecule has 12 heteroatoms. The van der Waals surface area contributed by atoms with Crippen molar-refractivity contribution in [3.05, 3.63) is 58.7 Å². The second-order valence-corrected chi connectivity index (χ2v) is 10.7. The Morgan fingerprint density at radius 1 is 0.625 bits per heavy atom. The van der Waals surface area contributed by atoms with Crippen LogP contribution in [0.2, 0.25) is 0 Å². The fraction of sp³-hybridized carbons (Fsp3) is 0.300. The van der Waals surface area contributed by atoms with Crippen LogP contribution in [0.3, 0.4) is 0 Å². The van der Waals surface area contributed by atoms with Crippen molar-refractivity contribution in [1.29, 1.82) is 0 Å². The molecule has 6 N–H and O–H groups in total. The minimum Gasteiger partial charge on any atom is -0.330 e. The molecule has 2 aromatic rings. The summed E-state index contributed by atoms with van der Waals surface area (Å²) in [6.45, 7) is 0.915. The molecule has 0 radical (unpaired) electrons. The molecule has 0 heterocycles. The molecule has 1 aliphatic rings. The van der Waals surface area contributed by atoms with Crippen LogP contribution in [-0.2, 0) is 20.0 Å². The van der Waals surface area contributed by atoms with Gasteiger partial charge in [-0.1, -0.05) is 0 Å². The molecule has 0 atom stereocenters. The number of carbonyl (C=O) groups excluding carboxylic acids is 2. The first-order valence-electron chi connectivity index (χ1n) is 9.89. The van der Waals surface area contributed by atoms with Crippen LogP contribution in [0.4, 0.5) is 0 Å². The summed E-state index contributed by atoms with van der Waals surface area (Å²) in [5.41, 5.74) is 10.6. The number of carbonyl (C=O) groups is 2. The predicted octanol–water partition coefficient (Wildman–Crippen LogP) is -0.284. The van der Waals surface area contributed by atoms with E-state index in [4.69, 9.17) is 11.5 Å². The van der Waals surface area contributed by atoms with E-state index in [1.807, 2.05) is 0 Å². The molecule has 0 saturated carbocycles. The van der Waals surface area contributed by atoms with E-state index in [0.717, 1.165) is 12.1 Å². The average molecular weight is 481 g/mol. The molecule has 3 rings (SSSR count). The van der Waals surface area contributed by atoms with Crippen molar-refractivity contribution in [1.82, 2.24) is 9.44 Å². The summed E-state index contributed by atoms with van der Waals surface area (Å²) in [6.07, 6.45) is 0.891. The van der Waals surface area contributed by atoms with Crippen molar-refractivity contribution >= 4 is 31.6 Å². The summed E-state index contributed by atoms with van der Waals surface area (Å²) >= 11 is 0. The summed E-state index contributed by atoms with van der Waals surface area (Å²) in [4.78, 5) is 25.7. The molecule has 0 fully saturated rings. The van der Waals surface area contributed by atoms with Gasteiger partial charge < -0.3 is 11.5 Å². The number of hydrogen-bond acceptors (Lipinski definition) is 8. The number of benzene rings is 2. The van der Waals surface area contributed by atoms with Gasteiger partial charge in [-0.25, -0.2) is 26.3 Å². The summed E-state index contributed by atoms with van der Waals surface area (Å²) in [6, 6.07) is 7.29. The molecule has 0 saturated heterocycles. The lowest BCUT2D eigenvalue weighted by Gasteiger charge is -2.19. The van der Waals surface area contributed by atoms with Gasteiger partial charge in [0, 0.05) is 35.3 Å². The molecule has 10 nitrogen and oxygen atoms in total. The topological polar surface area (TPSA) is 179 Å². The fourth-order valence-corrected chi connectivity index (χ4v) is 5.43. The van der Waals surface area contributed by atoms with Crippen LogP contribution in [0.1, 0.15) is 44.7 Å². The van der Waals surface area contributed by atoms with Crippen LogP contribution in [-0.4, -0.2) is 54.6 Å².